The van der Waals surface area contributed by atoms with Gasteiger partial charge >= 0.3 is 0 Å². The molecule has 3 fully saturated rings. The number of β-amino-alcohol motifs (C(OH)–C–C–N with tert-alkyl or cyclic N) is 1. The molecule has 2 aromatic carbocycles. The van der Waals surface area contributed by atoms with Crippen LogP contribution in [0.3, 0.4) is 0 Å². The summed E-state index contributed by atoms with van der Waals surface area (Å²) in [5, 5.41) is 15.9. The molecular formula is C25H26ClN3O5. The summed E-state index contributed by atoms with van der Waals surface area (Å²) in [6.45, 7) is 0.0351. The zero-order chi connectivity index (χ0) is 23.9. The van der Waals surface area contributed by atoms with Crippen molar-refractivity contribution in [2.75, 3.05) is 18.5 Å². The molecule has 0 aliphatic carbocycles. The fraction of sp³-hybridized carbons (Fsp3) is 0.400. The number of aliphatic hydroxyl groups excluding tert-OH is 1. The third-order valence-corrected chi connectivity index (χ3v) is 7.37. The van der Waals surface area contributed by atoms with Crippen LogP contribution in [0.15, 0.2) is 54.6 Å². The van der Waals surface area contributed by atoms with Gasteiger partial charge in [-0.15, -0.1) is 0 Å². The van der Waals surface area contributed by atoms with Crippen molar-refractivity contribution in [3.8, 4) is 0 Å². The molecule has 3 heterocycles. The third-order valence-electron chi connectivity index (χ3n) is 7.11. The van der Waals surface area contributed by atoms with Gasteiger partial charge in [-0.25, -0.2) is 0 Å². The van der Waals surface area contributed by atoms with Crippen molar-refractivity contribution in [2.24, 2.45) is 11.8 Å². The number of fused-ring (bicyclic) bond motifs is 1. The Kier molecular flexibility index (Phi) is 6.06. The smallest absolute Gasteiger partial charge is 0.250 e. The van der Waals surface area contributed by atoms with Crippen molar-refractivity contribution in [1.29, 1.82) is 0 Å². The average molecular weight is 484 g/mol. The molecule has 9 heteroatoms. The van der Waals surface area contributed by atoms with Gasteiger partial charge in [-0.1, -0.05) is 41.9 Å². The molecule has 8 nitrogen and oxygen atoms in total. The van der Waals surface area contributed by atoms with Crippen LogP contribution in [0.25, 0.3) is 0 Å². The lowest BCUT2D eigenvalue weighted by molar-refractivity contribution is -0.141. The number of anilines is 1. The van der Waals surface area contributed by atoms with E-state index in [1.165, 1.54) is 4.90 Å². The molecule has 0 saturated carbocycles. The highest BCUT2D eigenvalue weighted by atomic mass is 35.5. The van der Waals surface area contributed by atoms with E-state index in [0.717, 1.165) is 5.56 Å². The number of ether oxygens (including phenoxy) is 1. The van der Waals surface area contributed by atoms with E-state index in [4.69, 9.17) is 16.3 Å². The summed E-state index contributed by atoms with van der Waals surface area (Å²) < 4.78 is 6.32. The average Bonchev–Trinajstić information content (AvgIpc) is 3.48. The molecule has 5 rings (SSSR count). The van der Waals surface area contributed by atoms with Crippen molar-refractivity contribution < 1.29 is 24.2 Å². The molecule has 0 aromatic heterocycles. The number of carbonyl (C=O) groups excluding carboxylic acids is 3. The Morgan fingerprint density at radius 2 is 1.85 bits per heavy atom. The molecule has 5 atom stereocenters. The first-order valence-corrected chi connectivity index (χ1v) is 11.8. The predicted octanol–water partition coefficient (Wildman–Crippen LogP) is 1.96. The molecule has 3 aliphatic rings. The van der Waals surface area contributed by atoms with E-state index in [0.29, 0.717) is 30.1 Å². The maximum absolute atomic E-state index is 13.5. The second-order valence-electron chi connectivity index (χ2n) is 9.01. The van der Waals surface area contributed by atoms with Crippen LogP contribution in [-0.2, 0) is 25.7 Å². The van der Waals surface area contributed by atoms with E-state index in [1.54, 1.807) is 24.3 Å². The van der Waals surface area contributed by atoms with Crippen LogP contribution in [0.2, 0.25) is 5.02 Å². The molecule has 3 N–H and O–H groups in total. The summed E-state index contributed by atoms with van der Waals surface area (Å²) in [5.41, 5.74) is 0.396. The fourth-order valence-electron chi connectivity index (χ4n) is 5.75. The summed E-state index contributed by atoms with van der Waals surface area (Å²) in [5.74, 6) is -2.43. The number of likely N-dealkylation sites (tertiary alicyclic amines) is 1. The van der Waals surface area contributed by atoms with E-state index < -0.39 is 35.5 Å². The van der Waals surface area contributed by atoms with Crippen LogP contribution < -0.4 is 10.6 Å². The Labute approximate surface area is 202 Å². The van der Waals surface area contributed by atoms with Gasteiger partial charge in [0.05, 0.1) is 24.5 Å². The second kappa shape index (κ2) is 9.02. The zero-order valence-corrected chi connectivity index (χ0v) is 19.2. The molecular weight excluding hydrogens is 458 g/mol. The number of hydrogen-bond donors (Lipinski definition) is 3. The Bertz CT molecular complexity index is 1100. The maximum Gasteiger partial charge on any atom is 0.250 e. The van der Waals surface area contributed by atoms with Crippen LogP contribution in [0.4, 0.5) is 5.69 Å². The molecule has 1 spiro atoms. The van der Waals surface area contributed by atoms with Gasteiger partial charge in [-0.3, -0.25) is 14.4 Å². The monoisotopic (exact) mass is 483 g/mol. The lowest BCUT2D eigenvalue weighted by atomic mass is 9.70. The SMILES string of the molecule is O=C(Nc1ccc(Cl)cc1)C1N(CCO)C(=O)[C@@H]2[C@H](C(=O)NCc3ccccc3)[C@@H]3CCC12O3. The van der Waals surface area contributed by atoms with Gasteiger partial charge in [0, 0.05) is 23.8 Å². The van der Waals surface area contributed by atoms with Gasteiger partial charge in [-0.2, -0.15) is 0 Å². The molecule has 3 aliphatic heterocycles. The van der Waals surface area contributed by atoms with Crippen molar-refractivity contribution in [3.05, 3.63) is 65.2 Å². The lowest BCUT2D eigenvalue weighted by Crippen LogP contribution is -2.53. The van der Waals surface area contributed by atoms with E-state index in [1.807, 2.05) is 30.3 Å². The first kappa shape index (κ1) is 22.8. The van der Waals surface area contributed by atoms with Crippen LogP contribution in [0.5, 0.6) is 0 Å². The minimum Gasteiger partial charge on any atom is -0.395 e. The van der Waals surface area contributed by atoms with E-state index >= 15 is 0 Å². The molecule has 2 bridgehead atoms. The van der Waals surface area contributed by atoms with Crippen molar-refractivity contribution in [2.45, 2.75) is 37.1 Å². The van der Waals surface area contributed by atoms with Crippen molar-refractivity contribution in [3.63, 3.8) is 0 Å². The van der Waals surface area contributed by atoms with Crippen LogP contribution in [-0.4, -0.2) is 58.6 Å². The number of amides is 3. The summed E-state index contributed by atoms with van der Waals surface area (Å²) in [6.07, 6.45) is 0.661. The van der Waals surface area contributed by atoms with Crippen molar-refractivity contribution in [1.82, 2.24) is 10.2 Å². The summed E-state index contributed by atoms with van der Waals surface area (Å²) in [4.78, 5) is 41.6. The van der Waals surface area contributed by atoms with Gasteiger partial charge in [0.15, 0.2) is 0 Å². The molecule has 2 aromatic rings. The fourth-order valence-corrected chi connectivity index (χ4v) is 5.87. The molecule has 3 saturated heterocycles. The van der Waals surface area contributed by atoms with Crippen LogP contribution in [0, 0.1) is 11.8 Å². The first-order valence-electron chi connectivity index (χ1n) is 11.4. The highest BCUT2D eigenvalue weighted by molar-refractivity contribution is 6.30. The maximum atomic E-state index is 13.5. The molecule has 0 radical (unpaired) electrons. The van der Waals surface area contributed by atoms with E-state index in [9.17, 15) is 19.5 Å². The largest absolute Gasteiger partial charge is 0.395 e. The number of rotatable bonds is 7. The number of halogens is 1. The minimum absolute atomic E-state index is 0.0117. The van der Waals surface area contributed by atoms with Crippen molar-refractivity contribution >= 4 is 35.0 Å². The zero-order valence-electron chi connectivity index (χ0n) is 18.4. The number of nitrogens with zero attached hydrogens (tertiary/aromatic N) is 1. The predicted molar refractivity (Wildman–Crippen MR) is 125 cm³/mol. The Morgan fingerprint density at radius 3 is 2.56 bits per heavy atom. The topological polar surface area (TPSA) is 108 Å². The Hall–Kier alpha value is -2.94. The molecule has 3 amide bonds. The van der Waals surface area contributed by atoms with Crippen LogP contribution >= 0.6 is 11.6 Å². The number of carbonyl (C=O) groups is 3. The van der Waals surface area contributed by atoms with E-state index in [-0.39, 0.29) is 25.0 Å². The summed E-state index contributed by atoms with van der Waals surface area (Å²) in [7, 11) is 0. The second-order valence-corrected chi connectivity index (χ2v) is 9.45. The van der Waals surface area contributed by atoms with E-state index in [2.05, 4.69) is 10.6 Å². The van der Waals surface area contributed by atoms with Gasteiger partial charge in [0.25, 0.3) is 0 Å². The summed E-state index contributed by atoms with van der Waals surface area (Å²) >= 11 is 5.94. The Morgan fingerprint density at radius 1 is 1.12 bits per heavy atom. The first-order chi connectivity index (χ1) is 16.4. The minimum atomic E-state index is -1.10. The molecule has 178 valence electrons. The van der Waals surface area contributed by atoms with Gasteiger partial charge in [0.1, 0.15) is 11.6 Å². The number of benzene rings is 2. The molecule has 2 unspecified atom stereocenters. The normalized spacial score (nSPS) is 29.2. The van der Waals surface area contributed by atoms with Gasteiger partial charge < -0.3 is 25.4 Å². The van der Waals surface area contributed by atoms with Crippen LogP contribution in [0.1, 0.15) is 18.4 Å². The standard InChI is InChI=1S/C25H26ClN3O5/c26-16-6-8-17(9-7-16)28-23(32)21-25-11-10-18(34-25)19(20(25)24(33)29(21)12-13-30)22(31)27-14-15-4-2-1-3-5-15/h1-9,18-21,30H,10-14H2,(H,27,31)(H,28,32)/t18-,19+,20-,21?,25?/m0/s1. The third kappa shape index (κ3) is 3.76. The lowest BCUT2D eigenvalue weighted by Gasteiger charge is -2.33. The number of aliphatic hydroxyl groups is 1. The van der Waals surface area contributed by atoms with Gasteiger partial charge in [0.2, 0.25) is 17.7 Å². The van der Waals surface area contributed by atoms with Gasteiger partial charge in [-0.05, 0) is 42.7 Å². The Balaban J connectivity index is 1.40. The summed E-state index contributed by atoms with van der Waals surface area (Å²) in [6, 6.07) is 15.3. The number of nitrogens with one attached hydrogen (secondary N) is 2. The highest BCUT2D eigenvalue weighted by Gasteiger charge is 2.74. The highest BCUT2D eigenvalue weighted by Crippen LogP contribution is 2.58. The quantitative estimate of drug-likeness (QED) is 0.558. The molecule has 34 heavy (non-hydrogen) atoms. The number of hydrogen-bond acceptors (Lipinski definition) is 5.